The number of hydrogen-bond acceptors (Lipinski definition) is 2. The van der Waals surface area contributed by atoms with Crippen molar-refractivity contribution in [1.29, 1.82) is 0 Å². The molecule has 0 bridgehead atoms. The maximum absolute atomic E-state index is 11.9. The lowest BCUT2D eigenvalue weighted by Crippen LogP contribution is -3.00. The summed E-state index contributed by atoms with van der Waals surface area (Å²) in [5.74, 6) is -0.160. The predicted molar refractivity (Wildman–Crippen MR) is 107 cm³/mol. The topological polar surface area (TPSA) is 26.3 Å². The van der Waals surface area contributed by atoms with Crippen molar-refractivity contribution in [3.63, 3.8) is 0 Å². The molecule has 3 aromatic carbocycles. The first-order valence-corrected chi connectivity index (χ1v) is 10.4. The van der Waals surface area contributed by atoms with Crippen molar-refractivity contribution >= 4 is 29.1 Å². The summed E-state index contributed by atoms with van der Waals surface area (Å²) in [6, 6.07) is 31.7. The summed E-state index contributed by atoms with van der Waals surface area (Å²) in [4.78, 5) is 11.9. The van der Waals surface area contributed by atoms with Gasteiger partial charge in [-0.15, -0.1) is 0 Å². The van der Waals surface area contributed by atoms with Gasteiger partial charge in [0.2, 0.25) is 0 Å². The number of esters is 1. The van der Waals surface area contributed by atoms with Crippen LogP contribution in [-0.2, 0) is 9.53 Å². The summed E-state index contributed by atoms with van der Waals surface area (Å²) in [6.07, 6.45) is 1.17. The summed E-state index contributed by atoms with van der Waals surface area (Å²) in [6.45, 7) is 0. The van der Waals surface area contributed by atoms with Gasteiger partial charge in [-0.2, -0.15) is 0 Å². The van der Waals surface area contributed by atoms with E-state index in [9.17, 15) is 4.79 Å². The summed E-state index contributed by atoms with van der Waals surface area (Å²) >= 11 is 0. The van der Waals surface area contributed by atoms with E-state index in [0.29, 0.717) is 6.42 Å². The van der Waals surface area contributed by atoms with Crippen molar-refractivity contribution in [2.45, 2.75) is 6.42 Å². The molecule has 0 heterocycles. The first-order valence-electron chi connectivity index (χ1n) is 8.39. The fraction of sp³-hybridized carbons (Fsp3) is 0.136. The predicted octanol–water partition coefficient (Wildman–Crippen LogP) is 0.548. The van der Waals surface area contributed by atoms with Crippen LogP contribution in [-0.4, -0.2) is 19.2 Å². The van der Waals surface area contributed by atoms with Gasteiger partial charge in [0.15, 0.2) is 0 Å². The molecule has 0 fully saturated rings. The smallest absolute Gasteiger partial charge is 0.309 e. The zero-order valence-electron chi connectivity index (χ0n) is 14.7. The van der Waals surface area contributed by atoms with Crippen LogP contribution in [0.15, 0.2) is 91.0 Å². The van der Waals surface area contributed by atoms with E-state index in [1.807, 2.05) is 18.2 Å². The van der Waals surface area contributed by atoms with Crippen LogP contribution >= 0.6 is 7.26 Å². The van der Waals surface area contributed by atoms with Crippen molar-refractivity contribution in [3.8, 4) is 0 Å². The molecule has 0 unspecified atom stereocenters. The summed E-state index contributed by atoms with van der Waals surface area (Å²) < 4.78 is 4.93. The molecule has 26 heavy (non-hydrogen) atoms. The molecule has 0 spiro atoms. The van der Waals surface area contributed by atoms with E-state index in [2.05, 4.69) is 72.8 Å². The average molecular weight is 368 g/mol. The molecule has 0 aliphatic carbocycles. The SMILES string of the molecule is COC(=O)CC[P+](c1ccccc1)(c1ccccc1)c1ccccc1.[F-]. The molecule has 3 rings (SSSR count). The number of carbonyl (C=O) groups excluding carboxylic acids is 1. The molecule has 0 aliphatic rings. The van der Waals surface area contributed by atoms with Gasteiger partial charge in [0.25, 0.3) is 0 Å². The largest absolute Gasteiger partial charge is 1.00 e. The van der Waals surface area contributed by atoms with Crippen LogP contribution < -0.4 is 20.6 Å². The van der Waals surface area contributed by atoms with Crippen molar-refractivity contribution in [2.24, 2.45) is 0 Å². The van der Waals surface area contributed by atoms with Crippen molar-refractivity contribution in [1.82, 2.24) is 0 Å². The molecule has 0 aromatic heterocycles. The van der Waals surface area contributed by atoms with E-state index in [4.69, 9.17) is 4.74 Å². The number of benzene rings is 3. The minimum absolute atomic E-state index is 0. The Labute approximate surface area is 154 Å². The monoisotopic (exact) mass is 368 g/mol. The van der Waals surface area contributed by atoms with Gasteiger partial charge in [0.05, 0.1) is 19.7 Å². The molecule has 2 nitrogen and oxygen atoms in total. The summed E-state index contributed by atoms with van der Waals surface area (Å²) in [7, 11) is -0.467. The van der Waals surface area contributed by atoms with Gasteiger partial charge in [-0.25, -0.2) is 0 Å². The molecule has 0 N–H and O–H groups in total. The van der Waals surface area contributed by atoms with Gasteiger partial charge in [0, 0.05) is 0 Å². The van der Waals surface area contributed by atoms with Crippen LogP contribution in [0.3, 0.4) is 0 Å². The molecule has 0 radical (unpaired) electrons. The fourth-order valence-electron chi connectivity index (χ4n) is 3.24. The Kier molecular flexibility index (Phi) is 7.06. The van der Waals surface area contributed by atoms with Gasteiger partial charge in [-0.1, -0.05) is 54.6 Å². The molecule has 0 atom stereocenters. The second-order valence-corrected chi connectivity index (χ2v) is 9.48. The third-order valence-corrected chi connectivity index (χ3v) is 8.90. The molecular weight excluding hydrogens is 346 g/mol. The van der Waals surface area contributed by atoms with E-state index in [0.717, 1.165) is 6.16 Å². The number of hydrogen-bond donors (Lipinski definition) is 0. The highest BCUT2D eigenvalue weighted by atomic mass is 31.2. The van der Waals surface area contributed by atoms with E-state index in [1.54, 1.807) is 0 Å². The number of rotatable bonds is 6. The Morgan fingerprint density at radius 1 is 0.731 bits per heavy atom. The fourth-order valence-corrected chi connectivity index (χ4v) is 7.47. The molecule has 0 saturated carbocycles. The number of carbonyl (C=O) groups is 1. The highest BCUT2D eigenvalue weighted by Crippen LogP contribution is 2.55. The van der Waals surface area contributed by atoms with Crippen LogP contribution in [0.5, 0.6) is 0 Å². The highest BCUT2D eigenvalue weighted by Gasteiger charge is 2.45. The quantitative estimate of drug-likeness (QED) is 0.469. The highest BCUT2D eigenvalue weighted by molar-refractivity contribution is 7.95. The Balaban J connectivity index is 0.00000243. The van der Waals surface area contributed by atoms with Crippen molar-refractivity contribution in [2.75, 3.05) is 13.3 Å². The maximum atomic E-state index is 11.9. The van der Waals surface area contributed by atoms with E-state index < -0.39 is 7.26 Å². The molecule has 0 aliphatic heterocycles. The molecule has 134 valence electrons. The minimum atomic E-state index is -1.92. The van der Waals surface area contributed by atoms with Crippen LogP contribution in [0, 0.1) is 0 Å². The lowest BCUT2D eigenvalue weighted by molar-refractivity contribution is -0.140. The van der Waals surface area contributed by atoms with Crippen LogP contribution in [0.1, 0.15) is 6.42 Å². The zero-order valence-corrected chi connectivity index (χ0v) is 15.6. The Hall–Kier alpha value is -2.51. The van der Waals surface area contributed by atoms with Gasteiger partial charge in [-0.3, -0.25) is 4.79 Å². The standard InChI is InChI=1S/C22H22O2P.FH/c1-24-22(23)17-18-25(19-11-5-2-6-12-19,20-13-7-3-8-14-20)21-15-9-4-10-16-21;/h2-16H,17-18H2,1H3;1H/q+1;/p-1. The second-order valence-electron chi connectivity index (χ2n) is 5.87. The van der Waals surface area contributed by atoms with Crippen molar-refractivity contribution in [3.05, 3.63) is 91.0 Å². The lowest BCUT2D eigenvalue weighted by atomic mass is 10.3. The maximum Gasteiger partial charge on any atom is 0.309 e. The van der Waals surface area contributed by atoms with Crippen LogP contribution in [0.2, 0.25) is 0 Å². The molecule has 0 amide bonds. The summed E-state index contributed by atoms with van der Waals surface area (Å²) in [5.41, 5.74) is 0. The Morgan fingerprint density at radius 2 is 1.08 bits per heavy atom. The third kappa shape index (κ3) is 4.00. The summed E-state index contributed by atoms with van der Waals surface area (Å²) in [5, 5.41) is 3.86. The van der Waals surface area contributed by atoms with Crippen LogP contribution in [0.4, 0.5) is 0 Å². The number of halogens is 1. The average Bonchev–Trinajstić information content (AvgIpc) is 2.71. The van der Waals surface area contributed by atoms with Gasteiger partial charge in [0.1, 0.15) is 23.2 Å². The van der Waals surface area contributed by atoms with Crippen molar-refractivity contribution < 1.29 is 14.2 Å². The number of ether oxygens (including phenoxy) is 1. The first-order chi connectivity index (χ1) is 12.3. The van der Waals surface area contributed by atoms with Crippen LogP contribution in [0.25, 0.3) is 0 Å². The van der Waals surface area contributed by atoms with E-state index in [-0.39, 0.29) is 10.7 Å². The third-order valence-electron chi connectivity index (χ3n) is 4.47. The van der Waals surface area contributed by atoms with Gasteiger partial charge in [-0.05, 0) is 36.4 Å². The Morgan fingerprint density at radius 3 is 1.38 bits per heavy atom. The molecule has 4 heteroatoms. The van der Waals surface area contributed by atoms with E-state index in [1.165, 1.54) is 23.0 Å². The Bertz CT molecular complexity index is 711. The molecule has 0 saturated heterocycles. The first kappa shape index (κ1) is 19.8. The second kappa shape index (κ2) is 9.26. The normalized spacial score (nSPS) is 10.7. The molecular formula is C22H22FO2P. The minimum Gasteiger partial charge on any atom is -1.00 e. The zero-order chi connectivity index (χ0) is 17.5. The van der Waals surface area contributed by atoms with Gasteiger partial charge < -0.3 is 9.44 Å². The van der Waals surface area contributed by atoms with Gasteiger partial charge >= 0.3 is 5.97 Å². The number of methoxy groups -OCH3 is 1. The lowest BCUT2D eigenvalue weighted by Gasteiger charge is -2.27. The molecule has 3 aromatic rings. The van der Waals surface area contributed by atoms with E-state index >= 15 is 0 Å².